The van der Waals surface area contributed by atoms with Crippen molar-refractivity contribution in [2.24, 2.45) is 5.73 Å². The molecule has 2 heterocycles. The number of carbonyl (C=O) groups is 2. The van der Waals surface area contributed by atoms with Crippen LogP contribution < -0.4 is 11.1 Å². The Morgan fingerprint density at radius 3 is 2.68 bits per heavy atom. The average molecular weight is 378 g/mol. The third-order valence-electron chi connectivity index (χ3n) is 3.44. The van der Waals surface area contributed by atoms with Gasteiger partial charge in [0.25, 0.3) is 5.91 Å². The van der Waals surface area contributed by atoms with Crippen LogP contribution in [0.3, 0.4) is 0 Å². The molecular weight excluding hydrogens is 364 g/mol. The SMILES string of the molecule is CS(=O)(=O)c1nc2ccccc2n1CC(=O)Nc1sccc1C(N)=O. The van der Waals surface area contributed by atoms with Gasteiger partial charge in [0, 0.05) is 6.26 Å². The molecule has 0 saturated heterocycles. The molecule has 130 valence electrons. The molecule has 0 aliphatic heterocycles. The van der Waals surface area contributed by atoms with E-state index in [2.05, 4.69) is 10.3 Å². The van der Waals surface area contributed by atoms with E-state index in [1.807, 2.05) is 0 Å². The van der Waals surface area contributed by atoms with Gasteiger partial charge in [0.15, 0.2) is 0 Å². The molecule has 1 aromatic carbocycles. The highest BCUT2D eigenvalue weighted by atomic mass is 32.2. The number of aromatic nitrogens is 2. The Labute approximate surface area is 147 Å². The van der Waals surface area contributed by atoms with E-state index in [1.54, 1.807) is 29.6 Å². The summed E-state index contributed by atoms with van der Waals surface area (Å²) in [4.78, 5) is 27.8. The van der Waals surface area contributed by atoms with Gasteiger partial charge in [-0.25, -0.2) is 13.4 Å². The van der Waals surface area contributed by atoms with E-state index in [-0.39, 0.29) is 17.3 Å². The zero-order valence-electron chi connectivity index (χ0n) is 13.1. The number of nitrogens with two attached hydrogens (primary N) is 1. The maximum atomic E-state index is 12.4. The van der Waals surface area contributed by atoms with Gasteiger partial charge in [-0.1, -0.05) is 12.1 Å². The van der Waals surface area contributed by atoms with Crippen molar-refractivity contribution >= 4 is 49.0 Å². The van der Waals surface area contributed by atoms with Crippen molar-refractivity contribution in [3.05, 3.63) is 41.3 Å². The van der Waals surface area contributed by atoms with E-state index in [4.69, 9.17) is 5.73 Å². The summed E-state index contributed by atoms with van der Waals surface area (Å²) < 4.78 is 25.3. The van der Waals surface area contributed by atoms with E-state index in [1.165, 1.54) is 10.6 Å². The van der Waals surface area contributed by atoms with E-state index < -0.39 is 21.7 Å². The molecule has 0 unspecified atom stereocenters. The number of hydrogen-bond donors (Lipinski definition) is 2. The third-order valence-corrected chi connectivity index (χ3v) is 5.24. The average Bonchev–Trinajstić information content (AvgIpc) is 3.12. The molecule has 0 aliphatic carbocycles. The Bertz CT molecular complexity index is 1080. The van der Waals surface area contributed by atoms with Gasteiger partial charge in [-0.3, -0.25) is 9.59 Å². The number of rotatable bonds is 5. The fraction of sp³-hybridized carbons (Fsp3) is 0.133. The number of amides is 2. The summed E-state index contributed by atoms with van der Waals surface area (Å²) in [6.45, 7) is -0.265. The van der Waals surface area contributed by atoms with Crippen LogP contribution >= 0.6 is 11.3 Å². The second kappa shape index (κ2) is 6.30. The van der Waals surface area contributed by atoms with Gasteiger partial charge in [0.05, 0.1) is 16.6 Å². The largest absolute Gasteiger partial charge is 0.366 e. The minimum atomic E-state index is -3.62. The van der Waals surface area contributed by atoms with Gasteiger partial charge in [-0.15, -0.1) is 11.3 Å². The number of imidazole rings is 1. The summed E-state index contributed by atoms with van der Waals surface area (Å²) in [7, 11) is -3.62. The Morgan fingerprint density at radius 1 is 1.28 bits per heavy atom. The quantitative estimate of drug-likeness (QED) is 0.691. The number of nitrogens with zero attached hydrogens (tertiary/aromatic N) is 2. The summed E-state index contributed by atoms with van der Waals surface area (Å²) in [5, 5.41) is 4.35. The highest BCUT2D eigenvalue weighted by molar-refractivity contribution is 7.90. The molecule has 8 nitrogen and oxygen atoms in total. The maximum Gasteiger partial charge on any atom is 0.251 e. The summed E-state index contributed by atoms with van der Waals surface area (Å²) >= 11 is 1.16. The van der Waals surface area contributed by atoms with Crippen molar-refractivity contribution in [3.8, 4) is 0 Å². The minimum Gasteiger partial charge on any atom is -0.366 e. The van der Waals surface area contributed by atoms with E-state index in [0.29, 0.717) is 16.0 Å². The van der Waals surface area contributed by atoms with Gasteiger partial charge in [0.1, 0.15) is 11.5 Å². The van der Waals surface area contributed by atoms with Crippen molar-refractivity contribution in [3.63, 3.8) is 0 Å². The highest BCUT2D eigenvalue weighted by Gasteiger charge is 2.21. The molecule has 2 aromatic heterocycles. The van der Waals surface area contributed by atoms with Crippen LogP contribution in [0, 0.1) is 0 Å². The monoisotopic (exact) mass is 378 g/mol. The number of primary amides is 1. The maximum absolute atomic E-state index is 12.4. The van der Waals surface area contributed by atoms with Crippen LogP contribution in [0.1, 0.15) is 10.4 Å². The van der Waals surface area contributed by atoms with Crippen LogP contribution in [0.25, 0.3) is 11.0 Å². The zero-order chi connectivity index (χ0) is 18.2. The fourth-order valence-electron chi connectivity index (χ4n) is 2.40. The van der Waals surface area contributed by atoms with Crippen LogP contribution in [0.5, 0.6) is 0 Å². The van der Waals surface area contributed by atoms with Gasteiger partial charge in [0.2, 0.25) is 20.9 Å². The number of benzene rings is 1. The molecule has 3 rings (SSSR count). The van der Waals surface area contributed by atoms with E-state index in [9.17, 15) is 18.0 Å². The normalized spacial score (nSPS) is 11.6. The van der Waals surface area contributed by atoms with Crippen LogP contribution in [0.4, 0.5) is 5.00 Å². The van der Waals surface area contributed by atoms with Crippen molar-refractivity contribution in [2.75, 3.05) is 11.6 Å². The van der Waals surface area contributed by atoms with E-state index >= 15 is 0 Å². The van der Waals surface area contributed by atoms with Crippen LogP contribution in [0.2, 0.25) is 0 Å². The number of fused-ring (bicyclic) bond motifs is 1. The predicted molar refractivity (Wildman–Crippen MR) is 94.3 cm³/mol. The lowest BCUT2D eigenvalue weighted by Gasteiger charge is -2.09. The number of hydrogen-bond acceptors (Lipinski definition) is 6. The Kier molecular flexibility index (Phi) is 4.31. The molecule has 0 radical (unpaired) electrons. The Hall–Kier alpha value is -2.72. The van der Waals surface area contributed by atoms with Gasteiger partial charge in [-0.05, 0) is 23.6 Å². The molecule has 2 amide bonds. The topological polar surface area (TPSA) is 124 Å². The first kappa shape index (κ1) is 17.1. The lowest BCUT2D eigenvalue weighted by Crippen LogP contribution is -2.22. The van der Waals surface area contributed by atoms with Crippen molar-refractivity contribution in [1.29, 1.82) is 0 Å². The Balaban J connectivity index is 1.96. The number of para-hydroxylation sites is 2. The van der Waals surface area contributed by atoms with Gasteiger partial charge < -0.3 is 15.6 Å². The van der Waals surface area contributed by atoms with Crippen LogP contribution in [0.15, 0.2) is 40.9 Å². The molecule has 0 spiro atoms. The lowest BCUT2D eigenvalue weighted by atomic mass is 10.3. The molecule has 0 fully saturated rings. The number of thiophene rings is 1. The standard InChI is InChI=1S/C15H14N4O4S2/c1-25(22,23)15-17-10-4-2-3-5-11(10)19(15)8-12(20)18-14-9(13(16)21)6-7-24-14/h2-7H,8H2,1H3,(H2,16,21)(H,18,20). The molecule has 10 heteroatoms. The van der Waals surface area contributed by atoms with Crippen molar-refractivity contribution in [2.45, 2.75) is 11.7 Å². The first-order chi connectivity index (χ1) is 11.8. The molecule has 25 heavy (non-hydrogen) atoms. The molecule has 3 aromatic rings. The molecular formula is C15H14N4O4S2. The summed E-state index contributed by atoms with van der Waals surface area (Å²) in [6, 6.07) is 8.33. The molecule has 3 N–H and O–H groups in total. The number of carbonyl (C=O) groups excluding carboxylic acids is 2. The highest BCUT2D eigenvalue weighted by Crippen LogP contribution is 2.24. The lowest BCUT2D eigenvalue weighted by molar-refractivity contribution is -0.116. The summed E-state index contributed by atoms with van der Waals surface area (Å²) in [5.41, 5.74) is 6.46. The Morgan fingerprint density at radius 2 is 2.00 bits per heavy atom. The molecule has 0 atom stereocenters. The number of sulfone groups is 1. The molecule has 0 saturated carbocycles. The summed E-state index contributed by atoms with van der Waals surface area (Å²) in [5.74, 6) is -1.14. The number of nitrogens with one attached hydrogen (secondary N) is 1. The first-order valence-corrected chi connectivity index (χ1v) is 9.87. The third kappa shape index (κ3) is 3.39. The van der Waals surface area contributed by atoms with Gasteiger partial charge >= 0.3 is 0 Å². The molecule has 0 aliphatic rings. The smallest absolute Gasteiger partial charge is 0.251 e. The van der Waals surface area contributed by atoms with Crippen molar-refractivity contribution in [1.82, 2.24) is 9.55 Å². The van der Waals surface area contributed by atoms with Crippen LogP contribution in [-0.4, -0.2) is 36.0 Å². The first-order valence-electron chi connectivity index (χ1n) is 7.10. The predicted octanol–water partition coefficient (Wildman–Crippen LogP) is 1.24. The minimum absolute atomic E-state index is 0.190. The van der Waals surface area contributed by atoms with Crippen molar-refractivity contribution < 1.29 is 18.0 Å². The second-order valence-electron chi connectivity index (χ2n) is 5.32. The fourth-order valence-corrected chi connectivity index (χ4v) is 4.04. The zero-order valence-corrected chi connectivity index (χ0v) is 14.7. The molecule has 0 bridgehead atoms. The van der Waals surface area contributed by atoms with Crippen LogP contribution in [-0.2, 0) is 21.2 Å². The number of anilines is 1. The second-order valence-corrected chi connectivity index (χ2v) is 8.14. The van der Waals surface area contributed by atoms with Gasteiger partial charge in [-0.2, -0.15) is 0 Å². The summed E-state index contributed by atoms with van der Waals surface area (Å²) in [6.07, 6.45) is 1.03. The van der Waals surface area contributed by atoms with E-state index in [0.717, 1.165) is 17.6 Å².